The summed E-state index contributed by atoms with van der Waals surface area (Å²) in [6.07, 6.45) is 3.52. The number of rotatable bonds is 5. The molecule has 0 saturated carbocycles. The number of thiophene rings is 1. The van der Waals surface area contributed by atoms with Gasteiger partial charge in [-0.3, -0.25) is 4.90 Å². The average molecular weight is 368 g/mol. The molecule has 1 unspecified atom stereocenters. The first-order chi connectivity index (χ1) is 12.7. The third-order valence-corrected chi connectivity index (χ3v) is 5.82. The molecule has 4 nitrogen and oxygen atoms in total. The molecule has 26 heavy (non-hydrogen) atoms. The van der Waals surface area contributed by atoms with E-state index in [1.165, 1.54) is 24.0 Å². The summed E-state index contributed by atoms with van der Waals surface area (Å²) < 4.78 is 6.03. The standard InChI is InChI=1S/C21H25N3OS/c1-15(2)17-8-6-16(7-9-17)13-24-11-4-3-5-19(24)21-23-22-20(25-21)18-10-12-26-14-18/h6-10,12,14-15,19H,3-5,11,13H2,1-2H3. The number of hydrogen-bond acceptors (Lipinski definition) is 5. The first-order valence-corrected chi connectivity index (χ1v) is 10.3. The smallest absolute Gasteiger partial charge is 0.248 e. The number of hydrogen-bond donors (Lipinski definition) is 0. The van der Waals surface area contributed by atoms with Gasteiger partial charge in [0.1, 0.15) is 0 Å². The third kappa shape index (κ3) is 3.74. The second kappa shape index (κ2) is 7.72. The lowest BCUT2D eigenvalue weighted by Gasteiger charge is -2.33. The molecule has 1 aliphatic heterocycles. The summed E-state index contributed by atoms with van der Waals surface area (Å²) in [6.45, 7) is 6.47. The quantitative estimate of drug-likeness (QED) is 0.584. The van der Waals surface area contributed by atoms with Crippen LogP contribution in [-0.4, -0.2) is 21.6 Å². The molecule has 1 atom stereocenters. The monoisotopic (exact) mass is 367 g/mol. The van der Waals surface area contributed by atoms with Crippen LogP contribution in [0.4, 0.5) is 0 Å². The van der Waals surface area contributed by atoms with Gasteiger partial charge in [0.05, 0.1) is 6.04 Å². The highest BCUT2D eigenvalue weighted by atomic mass is 32.1. The van der Waals surface area contributed by atoms with Gasteiger partial charge in [-0.1, -0.05) is 44.5 Å². The molecule has 3 heterocycles. The molecule has 0 aliphatic carbocycles. The molecule has 5 heteroatoms. The molecule has 0 amide bonds. The Morgan fingerprint density at radius 1 is 1.15 bits per heavy atom. The minimum atomic E-state index is 0.216. The Bertz CT molecular complexity index is 823. The molecule has 0 bridgehead atoms. The maximum Gasteiger partial charge on any atom is 0.248 e. The zero-order valence-electron chi connectivity index (χ0n) is 15.4. The molecule has 4 rings (SSSR count). The van der Waals surface area contributed by atoms with Crippen LogP contribution >= 0.6 is 11.3 Å². The summed E-state index contributed by atoms with van der Waals surface area (Å²) in [5.41, 5.74) is 3.75. The van der Waals surface area contributed by atoms with Crippen molar-refractivity contribution in [1.29, 1.82) is 0 Å². The van der Waals surface area contributed by atoms with E-state index >= 15 is 0 Å². The molecule has 1 fully saturated rings. The van der Waals surface area contributed by atoms with Crippen LogP contribution < -0.4 is 0 Å². The lowest BCUT2D eigenvalue weighted by atomic mass is 9.99. The Hall–Kier alpha value is -1.98. The Balaban J connectivity index is 1.51. The van der Waals surface area contributed by atoms with Crippen molar-refractivity contribution in [3.63, 3.8) is 0 Å². The number of piperidine rings is 1. The molecule has 1 aliphatic rings. The molecule has 0 radical (unpaired) electrons. The van der Waals surface area contributed by atoms with Gasteiger partial charge < -0.3 is 4.42 Å². The highest BCUT2D eigenvalue weighted by molar-refractivity contribution is 7.08. The van der Waals surface area contributed by atoms with Crippen molar-refractivity contribution in [3.05, 3.63) is 58.1 Å². The molecular weight excluding hydrogens is 342 g/mol. The predicted molar refractivity (Wildman–Crippen MR) is 105 cm³/mol. The van der Waals surface area contributed by atoms with Crippen LogP contribution in [-0.2, 0) is 6.54 Å². The number of benzene rings is 1. The molecule has 1 aromatic carbocycles. The molecule has 2 aromatic heterocycles. The van der Waals surface area contributed by atoms with Gasteiger partial charge in [-0.15, -0.1) is 10.2 Å². The topological polar surface area (TPSA) is 42.2 Å². The van der Waals surface area contributed by atoms with Gasteiger partial charge >= 0.3 is 0 Å². The molecule has 0 N–H and O–H groups in total. The van der Waals surface area contributed by atoms with Crippen molar-refractivity contribution < 1.29 is 4.42 Å². The Morgan fingerprint density at radius 3 is 2.73 bits per heavy atom. The Kier molecular flexibility index (Phi) is 5.18. The molecule has 136 valence electrons. The fourth-order valence-corrected chi connectivity index (χ4v) is 4.20. The summed E-state index contributed by atoms with van der Waals surface area (Å²) >= 11 is 1.65. The number of nitrogens with zero attached hydrogens (tertiary/aromatic N) is 3. The van der Waals surface area contributed by atoms with Gasteiger partial charge in [-0.25, -0.2) is 0 Å². The van der Waals surface area contributed by atoms with E-state index in [4.69, 9.17) is 4.42 Å². The summed E-state index contributed by atoms with van der Waals surface area (Å²) in [5.74, 6) is 1.96. The van der Waals surface area contributed by atoms with Crippen molar-refractivity contribution in [2.45, 2.75) is 51.6 Å². The first-order valence-electron chi connectivity index (χ1n) is 9.39. The van der Waals surface area contributed by atoms with Gasteiger partial charge in [-0.05, 0) is 47.9 Å². The summed E-state index contributed by atoms with van der Waals surface area (Å²) in [7, 11) is 0. The molecule has 3 aromatic rings. The first kappa shape index (κ1) is 17.4. The maximum atomic E-state index is 6.03. The van der Waals surface area contributed by atoms with E-state index in [9.17, 15) is 0 Å². The van der Waals surface area contributed by atoms with Crippen LogP contribution in [0, 0.1) is 0 Å². The number of aromatic nitrogens is 2. The lowest BCUT2D eigenvalue weighted by Crippen LogP contribution is -2.33. The van der Waals surface area contributed by atoms with Gasteiger partial charge in [0.15, 0.2) is 0 Å². The normalized spacial score (nSPS) is 18.5. The average Bonchev–Trinajstić information content (AvgIpc) is 3.34. The van der Waals surface area contributed by atoms with Gasteiger partial charge in [-0.2, -0.15) is 11.3 Å². The van der Waals surface area contributed by atoms with E-state index in [-0.39, 0.29) is 6.04 Å². The van der Waals surface area contributed by atoms with Crippen molar-refractivity contribution in [2.75, 3.05) is 6.54 Å². The fraction of sp³-hybridized carbons (Fsp3) is 0.429. The summed E-state index contributed by atoms with van der Waals surface area (Å²) in [6, 6.07) is 11.3. The van der Waals surface area contributed by atoms with E-state index in [1.807, 2.05) is 16.8 Å². The highest BCUT2D eigenvalue weighted by Crippen LogP contribution is 2.33. The van der Waals surface area contributed by atoms with Crippen molar-refractivity contribution in [3.8, 4) is 11.5 Å². The third-order valence-electron chi connectivity index (χ3n) is 5.14. The van der Waals surface area contributed by atoms with Crippen LogP contribution in [0.15, 0.2) is 45.5 Å². The van der Waals surface area contributed by atoms with Gasteiger partial charge in [0.2, 0.25) is 11.8 Å². The summed E-state index contributed by atoms with van der Waals surface area (Å²) in [4.78, 5) is 2.48. The van der Waals surface area contributed by atoms with Crippen LogP contribution in [0.2, 0.25) is 0 Å². The van der Waals surface area contributed by atoms with E-state index in [0.29, 0.717) is 11.8 Å². The highest BCUT2D eigenvalue weighted by Gasteiger charge is 2.28. The minimum absolute atomic E-state index is 0.216. The SMILES string of the molecule is CC(C)c1ccc(CN2CCCCC2c2nnc(-c3ccsc3)o2)cc1. The Morgan fingerprint density at radius 2 is 2.00 bits per heavy atom. The van der Waals surface area contributed by atoms with Crippen LogP contribution in [0.3, 0.4) is 0 Å². The van der Waals surface area contributed by atoms with Crippen LogP contribution in [0.5, 0.6) is 0 Å². The number of likely N-dealkylation sites (tertiary alicyclic amines) is 1. The van der Waals surface area contributed by atoms with Crippen LogP contribution in [0.1, 0.15) is 62.1 Å². The van der Waals surface area contributed by atoms with Crippen molar-refractivity contribution in [1.82, 2.24) is 15.1 Å². The van der Waals surface area contributed by atoms with Gasteiger partial charge in [0, 0.05) is 17.5 Å². The second-order valence-electron chi connectivity index (χ2n) is 7.34. The largest absolute Gasteiger partial charge is 0.419 e. The Labute approximate surface area is 158 Å². The van der Waals surface area contributed by atoms with Gasteiger partial charge in [0.25, 0.3) is 0 Å². The van der Waals surface area contributed by atoms with Crippen molar-refractivity contribution >= 4 is 11.3 Å². The lowest BCUT2D eigenvalue weighted by molar-refractivity contribution is 0.118. The molecule has 1 saturated heterocycles. The molecule has 0 spiro atoms. The predicted octanol–water partition coefficient (Wildman–Crippen LogP) is 5.65. The minimum Gasteiger partial charge on any atom is -0.419 e. The van der Waals surface area contributed by atoms with E-state index in [0.717, 1.165) is 31.0 Å². The van der Waals surface area contributed by atoms with E-state index < -0.39 is 0 Å². The second-order valence-corrected chi connectivity index (χ2v) is 8.12. The summed E-state index contributed by atoms with van der Waals surface area (Å²) in [5, 5.41) is 12.7. The van der Waals surface area contributed by atoms with Crippen molar-refractivity contribution in [2.24, 2.45) is 0 Å². The molecular formula is C21H25N3OS. The van der Waals surface area contributed by atoms with Crippen LogP contribution in [0.25, 0.3) is 11.5 Å². The zero-order chi connectivity index (χ0) is 17.9. The maximum absolute atomic E-state index is 6.03. The zero-order valence-corrected chi connectivity index (χ0v) is 16.2. The fourth-order valence-electron chi connectivity index (χ4n) is 3.57. The van der Waals surface area contributed by atoms with E-state index in [1.54, 1.807) is 11.3 Å². The van der Waals surface area contributed by atoms with E-state index in [2.05, 4.69) is 53.2 Å².